The van der Waals surface area contributed by atoms with Gasteiger partial charge in [0.25, 0.3) is 0 Å². The summed E-state index contributed by atoms with van der Waals surface area (Å²) >= 11 is 0. The lowest BCUT2D eigenvalue weighted by Gasteiger charge is -2.09. The average Bonchev–Trinajstić information content (AvgIpc) is 2.40. The van der Waals surface area contributed by atoms with Crippen LogP contribution in [0.25, 0.3) is 0 Å². The molecule has 0 fully saturated rings. The maximum absolute atomic E-state index is 13.0. The lowest BCUT2D eigenvalue weighted by molar-refractivity contribution is 0.506. The normalized spacial score (nSPS) is 11.6. The average molecular weight is 297 g/mol. The Bertz CT molecular complexity index is 730. The largest absolute Gasteiger partial charge is 0.241 e. The third-order valence-electron chi connectivity index (χ3n) is 2.83. The van der Waals surface area contributed by atoms with Gasteiger partial charge in [-0.2, -0.15) is 0 Å². The summed E-state index contributed by atoms with van der Waals surface area (Å²) in [6, 6.07) is 9.80. The van der Waals surface area contributed by atoms with Crippen molar-refractivity contribution in [1.29, 1.82) is 0 Å². The highest BCUT2D eigenvalue weighted by molar-refractivity contribution is 7.89. The summed E-state index contributed by atoms with van der Waals surface area (Å²) < 4.78 is 52.4. The Labute approximate surface area is 116 Å². The van der Waals surface area contributed by atoms with Crippen LogP contribution in [0.3, 0.4) is 0 Å². The van der Waals surface area contributed by atoms with E-state index in [0.717, 1.165) is 12.1 Å². The van der Waals surface area contributed by atoms with Crippen LogP contribution in [0.5, 0.6) is 0 Å². The second-order valence-electron chi connectivity index (χ2n) is 4.34. The smallest absolute Gasteiger partial charge is 0.207 e. The summed E-state index contributed by atoms with van der Waals surface area (Å²) in [6.45, 7) is 1.58. The maximum atomic E-state index is 13.0. The highest BCUT2D eigenvalue weighted by Crippen LogP contribution is 2.15. The van der Waals surface area contributed by atoms with Crippen molar-refractivity contribution in [2.24, 2.45) is 0 Å². The summed E-state index contributed by atoms with van der Waals surface area (Å²) in [5.74, 6) is -1.96. The van der Waals surface area contributed by atoms with Gasteiger partial charge in [0.1, 0.15) is 0 Å². The van der Waals surface area contributed by atoms with E-state index in [9.17, 15) is 17.2 Å². The Balaban J connectivity index is 2.17. The molecule has 0 heterocycles. The van der Waals surface area contributed by atoms with Gasteiger partial charge in [-0.15, -0.1) is 0 Å². The molecule has 6 heteroatoms. The molecule has 0 bridgehead atoms. The second-order valence-corrected chi connectivity index (χ2v) is 6.07. The monoisotopic (exact) mass is 297 g/mol. The molecule has 2 rings (SSSR count). The summed E-state index contributed by atoms with van der Waals surface area (Å²) in [5.41, 5.74) is 0.964. The molecular weight excluding hydrogens is 284 g/mol. The predicted molar refractivity (Wildman–Crippen MR) is 71.6 cm³/mol. The van der Waals surface area contributed by atoms with Crippen molar-refractivity contribution in [3.8, 4) is 0 Å². The highest BCUT2D eigenvalue weighted by atomic mass is 32.2. The molecule has 20 heavy (non-hydrogen) atoms. The molecule has 0 saturated heterocycles. The zero-order valence-electron chi connectivity index (χ0n) is 10.7. The molecule has 3 nitrogen and oxygen atoms in total. The molecule has 0 aromatic heterocycles. The molecule has 0 radical (unpaired) electrons. The van der Waals surface area contributed by atoms with Crippen LogP contribution in [0.4, 0.5) is 8.78 Å². The van der Waals surface area contributed by atoms with Crippen LogP contribution in [-0.2, 0) is 16.6 Å². The molecule has 2 aromatic rings. The third-order valence-corrected chi connectivity index (χ3v) is 4.39. The fraction of sp³-hybridized carbons (Fsp3) is 0.143. The standard InChI is InChI=1S/C14H13F2NO2S/c1-10-4-2-3-5-14(10)20(18,19)17-9-11-6-7-12(15)13(16)8-11/h2-8,17H,9H2,1H3. The molecule has 1 N–H and O–H groups in total. The minimum atomic E-state index is -3.68. The predicted octanol–water partition coefficient (Wildman–Crippen LogP) is 2.75. The molecule has 0 atom stereocenters. The molecule has 0 aliphatic heterocycles. The van der Waals surface area contributed by atoms with Crippen LogP contribution >= 0.6 is 0 Å². The lowest BCUT2D eigenvalue weighted by atomic mass is 10.2. The van der Waals surface area contributed by atoms with Crippen molar-refractivity contribution >= 4 is 10.0 Å². The Morgan fingerprint density at radius 2 is 1.75 bits per heavy atom. The van der Waals surface area contributed by atoms with Gasteiger partial charge >= 0.3 is 0 Å². The van der Waals surface area contributed by atoms with Gasteiger partial charge < -0.3 is 0 Å². The molecular formula is C14H13F2NO2S. The van der Waals surface area contributed by atoms with Gasteiger partial charge in [-0.3, -0.25) is 0 Å². The highest BCUT2D eigenvalue weighted by Gasteiger charge is 2.16. The number of aryl methyl sites for hydroxylation is 1. The first-order chi connectivity index (χ1) is 9.40. The fourth-order valence-electron chi connectivity index (χ4n) is 1.76. The van der Waals surface area contributed by atoms with Gasteiger partial charge in [0.15, 0.2) is 11.6 Å². The van der Waals surface area contributed by atoms with Gasteiger partial charge in [0.2, 0.25) is 10.0 Å². The van der Waals surface area contributed by atoms with Crippen LogP contribution in [0, 0.1) is 18.6 Å². The molecule has 0 aliphatic carbocycles. The topological polar surface area (TPSA) is 46.2 Å². The first-order valence-corrected chi connectivity index (χ1v) is 7.38. The number of hydrogen-bond acceptors (Lipinski definition) is 2. The van der Waals surface area contributed by atoms with E-state index >= 15 is 0 Å². The van der Waals surface area contributed by atoms with Crippen LogP contribution in [0.2, 0.25) is 0 Å². The summed E-state index contributed by atoms with van der Waals surface area (Å²) in [4.78, 5) is 0.169. The Morgan fingerprint density at radius 1 is 1.05 bits per heavy atom. The van der Waals surface area contributed by atoms with Crippen molar-refractivity contribution in [3.63, 3.8) is 0 Å². The zero-order valence-corrected chi connectivity index (χ0v) is 11.5. The van der Waals surface area contributed by atoms with Gasteiger partial charge in [-0.1, -0.05) is 24.3 Å². The van der Waals surface area contributed by atoms with Crippen molar-refractivity contribution in [1.82, 2.24) is 4.72 Å². The van der Waals surface area contributed by atoms with Crippen molar-refractivity contribution in [3.05, 3.63) is 65.2 Å². The van der Waals surface area contributed by atoms with Gasteiger partial charge in [-0.05, 0) is 36.2 Å². The van der Waals surface area contributed by atoms with E-state index in [1.54, 1.807) is 25.1 Å². The quantitative estimate of drug-likeness (QED) is 0.943. The number of halogens is 2. The summed E-state index contributed by atoms with van der Waals surface area (Å²) in [5, 5.41) is 0. The van der Waals surface area contributed by atoms with E-state index in [2.05, 4.69) is 4.72 Å². The molecule has 0 unspecified atom stereocenters. The third kappa shape index (κ3) is 3.20. The number of benzene rings is 2. The van der Waals surface area contributed by atoms with E-state index in [1.165, 1.54) is 12.1 Å². The zero-order chi connectivity index (χ0) is 14.8. The minimum Gasteiger partial charge on any atom is -0.207 e. The van der Waals surface area contributed by atoms with Crippen molar-refractivity contribution in [2.45, 2.75) is 18.4 Å². The number of nitrogens with one attached hydrogen (secondary N) is 1. The summed E-state index contributed by atoms with van der Waals surface area (Å²) in [6.07, 6.45) is 0. The molecule has 0 amide bonds. The van der Waals surface area contributed by atoms with Crippen molar-refractivity contribution in [2.75, 3.05) is 0 Å². The SMILES string of the molecule is Cc1ccccc1S(=O)(=O)NCc1ccc(F)c(F)c1. The lowest BCUT2D eigenvalue weighted by Crippen LogP contribution is -2.24. The number of rotatable bonds is 4. The van der Waals surface area contributed by atoms with Crippen LogP contribution in [-0.4, -0.2) is 8.42 Å². The molecule has 106 valence electrons. The van der Waals surface area contributed by atoms with E-state index in [-0.39, 0.29) is 11.4 Å². The summed E-state index contributed by atoms with van der Waals surface area (Å²) in [7, 11) is -3.68. The van der Waals surface area contributed by atoms with E-state index in [0.29, 0.717) is 11.1 Å². The molecule has 0 aliphatic rings. The minimum absolute atomic E-state index is 0.103. The number of hydrogen-bond donors (Lipinski definition) is 1. The van der Waals surface area contributed by atoms with Crippen LogP contribution in [0.15, 0.2) is 47.4 Å². The van der Waals surface area contributed by atoms with Gasteiger partial charge in [0, 0.05) is 6.54 Å². The molecule has 0 saturated carbocycles. The van der Waals surface area contributed by atoms with Crippen LogP contribution < -0.4 is 4.72 Å². The van der Waals surface area contributed by atoms with Gasteiger partial charge in [-0.25, -0.2) is 21.9 Å². The first kappa shape index (κ1) is 14.6. The van der Waals surface area contributed by atoms with Crippen molar-refractivity contribution < 1.29 is 17.2 Å². The molecule has 2 aromatic carbocycles. The maximum Gasteiger partial charge on any atom is 0.241 e. The molecule has 0 spiro atoms. The Morgan fingerprint density at radius 3 is 2.40 bits per heavy atom. The van der Waals surface area contributed by atoms with Gasteiger partial charge in [0.05, 0.1) is 4.90 Å². The first-order valence-electron chi connectivity index (χ1n) is 5.89. The van der Waals surface area contributed by atoms with E-state index in [1.807, 2.05) is 0 Å². The fourth-order valence-corrected chi connectivity index (χ4v) is 3.03. The number of sulfonamides is 1. The Kier molecular flexibility index (Phi) is 4.15. The Hall–Kier alpha value is -1.79. The second kappa shape index (κ2) is 5.68. The van der Waals surface area contributed by atoms with E-state index < -0.39 is 21.7 Å². The van der Waals surface area contributed by atoms with E-state index in [4.69, 9.17) is 0 Å². The van der Waals surface area contributed by atoms with Crippen LogP contribution in [0.1, 0.15) is 11.1 Å².